The van der Waals surface area contributed by atoms with Crippen molar-refractivity contribution in [1.82, 2.24) is 9.13 Å². The third kappa shape index (κ3) is 7.47. The van der Waals surface area contributed by atoms with Crippen molar-refractivity contribution in [3.05, 3.63) is 202 Å². The molecule has 8 aromatic carbocycles. The maximum absolute atomic E-state index is 14.7. The summed E-state index contributed by atoms with van der Waals surface area (Å²) in [7, 11) is 0. The molecule has 2 aliphatic heterocycles. The van der Waals surface area contributed by atoms with Crippen LogP contribution in [-0.2, 0) is 21.7 Å². The predicted molar refractivity (Wildman–Crippen MR) is 311 cm³/mol. The minimum absolute atomic E-state index is 0.0705. The molecule has 2 aromatic heterocycles. The third-order valence-corrected chi connectivity index (χ3v) is 15.8. The zero-order chi connectivity index (χ0) is 53.7. The number of anilines is 2. The van der Waals surface area contributed by atoms with Crippen molar-refractivity contribution in [2.24, 2.45) is 0 Å². The van der Waals surface area contributed by atoms with E-state index in [4.69, 9.17) is 0 Å². The molecule has 0 N–H and O–H groups in total. The average molecular weight is 999 g/mol. The quantitative estimate of drug-likeness (QED) is 0.161. The molecule has 0 fully saturated rings. The Labute approximate surface area is 444 Å². The number of amides is 4. The number of aromatic nitrogens is 2. The van der Waals surface area contributed by atoms with Crippen LogP contribution in [0.3, 0.4) is 0 Å². The van der Waals surface area contributed by atoms with Crippen LogP contribution in [0.2, 0.25) is 0 Å². The Morgan fingerprint density at radius 3 is 0.842 bits per heavy atom. The molecular weight excluding hydrogens is 937 g/mol. The summed E-state index contributed by atoms with van der Waals surface area (Å²) >= 11 is 0. The number of nitrogens with zero attached hydrogens (tertiary/aromatic N) is 4. The van der Waals surface area contributed by atoms with Crippen molar-refractivity contribution in [3.8, 4) is 22.5 Å². The van der Waals surface area contributed by atoms with E-state index in [1.54, 1.807) is 36.4 Å². The molecule has 2 aliphatic rings. The Bertz CT molecular complexity index is 3750. The van der Waals surface area contributed by atoms with E-state index in [1.165, 1.54) is 32.1 Å². The maximum Gasteiger partial charge on any atom is 0.268 e. The lowest BCUT2D eigenvalue weighted by Gasteiger charge is -2.19. The Morgan fingerprint density at radius 1 is 0.303 bits per heavy atom. The first kappa shape index (κ1) is 48.6. The van der Waals surface area contributed by atoms with E-state index in [0.29, 0.717) is 45.0 Å². The molecule has 0 saturated heterocycles. The SMILES string of the molecule is CC(C)(C)c1ccc2c(c1)c1cc(C(C)(C)C)ccc1n2-c1cccc2c1C(=O)N(c1ccc(-c3ccc(N4C(=O)c5cccc(-n6c7ccc(C(C)(C)C)cc7c7cc(C(C)(C)C)ccc76)c5C4=O)cc3)cc1)C2=O. The van der Waals surface area contributed by atoms with Crippen LogP contribution in [0, 0.1) is 0 Å². The highest BCUT2D eigenvalue weighted by molar-refractivity contribution is 6.37. The number of hydrogen-bond donors (Lipinski definition) is 0. The van der Waals surface area contributed by atoms with Crippen LogP contribution >= 0.6 is 0 Å². The van der Waals surface area contributed by atoms with Gasteiger partial charge in [0.2, 0.25) is 0 Å². The molecule has 0 radical (unpaired) electrons. The fourth-order valence-corrected chi connectivity index (χ4v) is 11.4. The molecule has 10 aromatic rings. The molecule has 0 aliphatic carbocycles. The van der Waals surface area contributed by atoms with Gasteiger partial charge in [-0.1, -0.05) is 144 Å². The molecule has 0 spiro atoms. The van der Waals surface area contributed by atoms with E-state index in [1.807, 2.05) is 48.5 Å². The standard InChI is InChI=1S/C68H62N4O4/c1-65(2,3)41-23-31-53-49(35-41)50-36-42(66(4,5)6)24-32-54(50)71(53)57-17-13-15-47-59(57)63(75)69(61(47)73)45-27-19-39(20-28-45)40-21-29-46(30-22-40)70-62(74)48-16-14-18-58(60(48)64(70)76)72-55-33-25-43(67(7,8)9)37-51(55)52-38-44(68(10,11)12)26-34-56(52)72/h13-38H,1-12H3. The van der Waals surface area contributed by atoms with Gasteiger partial charge in [0, 0.05) is 21.5 Å². The number of rotatable bonds is 5. The molecule has 8 nitrogen and oxygen atoms in total. The van der Waals surface area contributed by atoms with Crippen LogP contribution in [0.15, 0.2) is 158 Å². The van der Waals surface area contributed by atoms with Crippen LogP contribution in [0.4, 0.5) is 11.4 Å². The van der Waals surface area contributed by atoms with Crippen molar-refractivity contribution < 1.29 is 19.2 Å². The van der Waals surface area contributed by atoms with Gasteiger partial charge >= 0.3 is 0 Å². The van der Waals surface area contributed by atoms with Gasteiger partial charge in [0.15, 0.2) is 0 Å². The van der Waals surface area contributed by atoms with Crippen LogP contribution in [0.5, 0.6) is 0 Å². The summed E-state index contributed by atoms with van der Waals surface area (Å²) in [6, 6.07) is 52.1. The molecule has 378 valence electrons. The second-order valence-electron chi connectivity index (χ2n) is 25.0. The van der Waals surface area contributed by atoms with Gasteiger partial charge in [0.1, 0.15) is 0 Å². The second-order valence-corrected chi connectivity index (χ2v) is 25.0. The van der Waals surface area contributed by atoms with Gasteiger partial charge in [-0.3, -0.25) is 19.2 Å². The van der Waals surface area contributed by atoms with Crippen molar-refractivity contribution in [1.29, 1.82) is 0 Å². The lowest BCUT2D eigenvalue weighted by atomic mass is 9.85. The first-order chi connectivity index (χ1) is 35.9. The summed E-state index contributed by atoms with van der Waals surface area (Å²) < 4.78 is 4.28. The van der Waals surface area contributed by atoms with Crippen LogP contribution < -0.4 is 9.80 Å². The predicted octanol–water partition coefficient (Wildman–Crippen LogP) is 16.3. The van der Waals surface area contributed by atoms with Crippen molar-refractivity contribution in [2.75, 3.05) is 9.80 Å². The summed E-state index contributed by atoms with van der Waals surface area (Å²) in [6.07, 6.45) is 0. The van der Waals surface area contributed by atoms with Crippen molar-refractivity contribution in [3.63, 3.8) is 0 Å². The number of carbonyl (C=O) groups excluding carboxylic acids is 4. The summed E-state index contributed by atoms with van der Waals surface area (Å²) in [5, 5.41) is 4.39. The highest BCUT2D eigenvalue weighted by atomic mass is 16.2. The first-order valence-electron chi connectivity index (χ1n) is 26.3. The molecule has 8 heteroatoms. The molecule has 0 bridgehead atoms. The Hall–Kier alpha value is -8.36. The van der Waals surface area contributed by atoms with Crippen LogP contribution in [0.25, 0.3) is 66.1 Å². The molecule has 12 rings (SSSR count). The molecule has 0 saturated carbocycles. The zero-order valence-electron chi connectivity index (χ0n) is 45.4. The second kappa shape index (κ2) is 16.6. The summed E-state index contributed by atoms with van der Waals surface area (Å²) in [6.45, 7) is 26.6. The lowest BCUT2D eigenvalue weighted by Crippen LogP contribution is -2.29. The Kier molecular flexibility index (Phi) is 10.6. The molecule has 76 heavy (non-hydrogen) atoms. The van der Waals surface area contributed by atoms with E-state index in [9.17, 15) is 19.2 Å². The molecule has 4 amide bonds. The van der Waals surface area contributed by atoms with E-state index >= 15 is 0 Å². The van der Waals surface area contributed by atoms with E-state index in [-0.39, 0.29) is 45.3 Å². The number of fused-ring (bicyclic) bond motifs is 8. The fourth-order valence-electron chi connectivity index (χ4n) is 11.4. The number of carbonyl (C=O) groups is 4. The van der Waals surface area contributed by atoms with E-state index in [2.05, 4.69) is 165 Å². The monoisotopic (exact) mass is 998 g/mol. The first-order valence-corrected chi connectivity index (χ1v) is 26.3. The van der Waals surface area contributed by atoms with Gasteiger partial charge in [-0.25, -0.2) is 9.80 Å². The van der Waals surface area contributed by atoms with E-state index in [0.717, 1.165) is 54.7 Å². The van der Waals surface area contributed by atoms with Gasteiger partial charge in [-0.05, 0) is 152 Å². The van der Waals surface area contributed by atoms with Gasteiger partial charge in [-0.15, -0.1) is 0 Å². The highest BCUT2D eigenvalue weighted by Gasteiger charge is 2.41. The van der Waals surface area contributed by atoms with Gasteiger partial charge < -0.3 is 9.13 Å². The average Bonchev–Trinajstić information content (AvgIpc) is 4.18. The smallest absolute Gasteiger partial charge is 0.268 e. The summed E-state index contributed by atoms with van der Waals surface area (Å²) in [4.78, 5) is 60.7. The van der Waals surface area contributed by atoms with Crippen molar-refractivity contribution >= 4 is 78.6 Å². The number of imide groups is 2. The lowest BCUT2D eigenvalue weighted by molar-refractivity contribution is 0.0910. The largest absolute Gasteiger partial charge is 0.308 e. The van der Waals surface area contributed by atoms with Gasteiger partial charge in [-0.2, -0.15) is 0 Å². The molecule has 0 unspecified atom stereocenters. The van der Waals surface area contributed by atoms with E-state index < -0.39 is 0 Å². The van der Waals surface area contributed by atoms with Crippen LogP contribution in [-0.4, -0.2) is 32.8 Å². The summed E-state index contributed by atoms with van der Waals surface area (Å²) in [5.41, 5.74) is 13.8. The maximum atomic E-state index is 14.7. The molecular formula is C68H62N4O4. The number of benzene rings is 8. The normalized spacial score (nSPS) is 14.4. The Balaban J connectivity index is 0.849. The van der Waals surface area contributed by atoms with Gasteiger partial charge in [0.05, 0.1) is 67.1 Å². The third-order valence-electron chi connectivity index (χ3n) is 15.8. The number of hydrogen-bond acceptors (Lipinski definition) is 4. The highest BCUT2D eigenvalue weighted by Crippen LogP contribution is 2.44. The molecule has 0 atom stereocenters. The Morgan fingerprint density at radius 2 is 0.579 bits per heavy atom. The van der Waals surface area contributed by atoms with Crippen molar-refractivity contribution in [2.45, 2.75) is 105 Å². The fraction of sp³-hybridized carbons (Fsp3) is 0.235. The van der Waals surface area contributed by atoms with Gasteiger partial charge in [0.25, 0.3) is 23.6 Å². The molecule has 4 heterocycles. The minimum atomic E-state index is -0.382. The summed E-state index contributed by atoms with van der Waals surface area (Å²) in [5.74, 6) is -1.52. The zero-order valence-corrected chi connectivity index (χ0v) is 45.4. The minimum Gasteiger partial charge on any atom is -0.308 e. The topological polar surface area (TPSA) is 84.6 Å². The van der Waals surface area contributed by atoms with Crippen LogP contribution in [0.1, 0.15) is 147 Å².